The minimum absolute atomic E-state index is 0.00933. The van der Waals surface area contributed by atoms with Crippen LogP contribution in [-0.2, 0) is 16.2 Å². The first-order chi connectivity index (χ1) is 17.5. The maximum absolute atomic E-state index is 14.2. The highest BCUT2D eigenvalue weighted by Gasteiger charge is 2.38. The highest BCUT2D eigenvalue weighted by atomic mass is 32.2. The fraction of sp³-hybridized carbons (Fsp3) is 0.167. The average molecular weight is 535 g/mol. The largest absolute Gasteiger partial charge is 0.484 e. The number of halogens is 4. The molecule has 0 saturated carbocycles. The van der Waals surface area contributed by atoms with Gasteiger partial charge in [0, 0.05) is 5.69 Å². The third-order valence-electron chi connectivity index (χ3n) is 5.43. The number of nitrogens with one attached hydrogen (secondary N) is 1. The number of ether oxygens (including phenoxy) is 1. The number of anilines is 2. The maximum Gasteiger partial charge on any atom is 0.417 e. The van der Waals surface area contributed by atoms with Crippen molar-refractivity contribution in [1.82, 2.24) is 0 Å². The lowest BCUT2D eigenvalue weighted by Crippen LogP contribution is -2.45. The Morgan fingerprint density at radius 3 is 2.57 bits per heavy atom. The molecule has 0 aliphatic carbocycles. The van der Waals surface area contributed by atoms with Crippen molar-refractivity contribution in [1.29, 1.82) is 0 Å². The van der Waals surface area contributed by atoms with Crippen LogP contribution in [0.25, 0.3) is 4.85 Å². The Bertz CT molecular complexity index is 1520. The van der Waals surface area contributed by atoms with Crippen molar-refractivity contribution in [2.24, 2.45) is 0 Å². The van der Waals surface area contributed by atoms with Gasteiger partial charge in [-0.3, -0.25) is 9.10 Å². The van der Waals surface area contributed by atoms with E-state index in [0.29, 0.717) is 12.1 Å². The smallest absolute Gasteiger partial charge is 0.417 e. The summed E-state index contributed by atoms with van der Waals surface area (Å²) in [6, 6.07) is 11.0. The molecule has 1 amide bonds. The fourth-order valence-corrected chi connectivity index (χ4v) is 5.28. The van der Waals surface area contributed by atoms with E-state index in [9.17, 15) is 35.9 Å². The Morgan fingerprint density at radius 2 is 1.89 bits per heavy atom. The van der Waals surface area contributed by atoms with Gasteiger partial charge in [0.15, 0.2) is 5.69 Å². The van der Waals surface area contributed by atoms with Gasteiger partial charge in [0.2, 0.25) is 0 Å². The summed E-state index contributed by atoms with van der Waals surface area (Å²) >= 11 is 0. The van der Waals surface area contributed by atoms with Crippen molar-refractivity contribution in [2.75, 3.05) is 22.8 Å². The van der Waals surface area contributed by atoms with E-state index in [0.717, 1.165) is 22.5 Å². The zero-order chi connectivity index (χ0) is 27.0. The van der Waals surface area contributed by atoms with E-state index in [1.54, 1.807) is 0 Å². The molecule has 3 aromatic rings. The van der Waals surface area contributed by atoms with Crippen LogP contribution in [0.1, 0.15) is 15.9 Å². The quantitative estimate of drug-likeness (QED) is 0.368. The third-order valence-corrected chi connectivity index (χ3v) is 7.21. The van der Waals surface area contributed by atoms with E-state index in [4.69, 9.17) is 11.3 Å². The van der Waals surface area contributed by atoms with E-state index in [1.165, 1.54) is 30.3 Å². The molecule has 0 fully saturated rings. The van der Waals surface area contributed by atoms with Gasteiger partial charge in [-0.15, -0.1) is 0 Å². The Hall–Kier alpha value is -4.15. The Labute approximate surface area is 208 Å². The first-order valence-corrected chi connectivity index (χ1v) is 12.0. The minimum Gasteiger partial charge on any atom is -0.484 e. The molecule has 192 valence electrons. The number of fused-ring (bicyclic) bond motifs is 1. The number of carbonyl (C=O) groups excluding carboxylic acids is 1. The zero-order valence-corrected chi connectivity index (χ0v) is 19.5. The van der Waals surface area contributed by atoms with Gasteiger partial charge in [-0.1, -0.05) is 18.2 Å². The molecule has 37 heavy (non-hydrogen) atoms. The summed E-state index contributed by atoms with van der Waals surface area (Å²) in [5, 5.41) is 11.8. The number of rotatable bonds is 5. The summed E-state index contributed by atoms with van der Waals surface area (Å²) in [7, 11) is -4.30. The number of sulfonamides is 1. The van der Waals surface area contributed by atoms with E-state index in [1.807, 2.05) is 0 Å². The molecule has 3 aromatic carbocycles. The van der Waals surface area contributed by atoms with Crippen LogP contribution in [0.5, 0.6) is 5.75 Å². The van der Waals surface area contributed by atoms with Gasteiger partial charge in [-0.25, -0.2) is 17.7 Å². The van der Waals surface area contributed by atoms with Crippen molar-refractivity contribution < 1.29 is 40.6 Å². The lowest BCUT2D eigenvalue weighted by Gasteiger charge is -2.35. The monoisotopic (exact) mass is 535 g/mol. The number of nitrogens with zero attached hydrogens (tertiary/aromatic N) is 2. The van der Waals surface area contributed by atoms with Crippen LogP contribution in [0, 0.1) is 12.4 Å². The predicted molar refractivity (Wildman–Crippen MR) is 125 cm³/mol. The summed E-state index contributed by atoms with van der Waals surface area (Å²) < 4.78 is 87.7. The van der Waals surface area contributed by atoms with Gasteiger partial charge >= 0.3 is 6.18 Å². The SMILES string of the molecule is [C-]#[N+]c1cccc(S(=O)(=O)N2C[C@@H](CO)Oc3ccc(NC(=O)c4c(F)cccc4C(F)(F)F)cc32)c1. The summed E-state index contributed by atoms with van der Waals surface area (Å²) in [6.07, 6.45) is -5.94. The second kappa shape index (κ2) is 9.72. The number of amides is 1. The molecule has 1 aliphatic rings. The lowest BCUT2D eigenvalue weighted by atomic mass is 10.1. The normalized spacial score (nSPS) is 15.4. The van der Waals surface area contributed by atoms with Crippen LogP contribution in [0.15, 0.2) is 65.6 Å². The predicted octanol–water partition coefficient (Wildman–Crippen LogP) is 4.60. The first kappa shape index (κ1) is 25.9. The van der Waals surface area contributed by atoms with Gasteiger partial charge in [0.1, 0.15) is 17.7 Å². The van der Waals surface area contributed by atoms with E-state index >= 15 is 0 Å². The third kappa shape index (κ3) is 5.07. The molecule has 1 heterocycles. The number of hydrogen-bond donors (Lipinski definition) is 2. The number of aliphatic hydroxyl groups is 1. The van der Waals surface area contributed by atoms with Gasteiger partial charge in [-0.2, -0.15) is 13.2 Å². The molecule has 2 N–H and O–H groups in total. The molecule has 0 unspecified atom stereocenters. The standard InChI is InChI=1S/C24H17F4N3O5S/c1-29-14-4-2-5-17(10-14)37(34,35)31-12-16(13-32)36-21-9-8-15(11-20(21)31)30-23(33)22-18(24(26,27)28)6-3-7-19(22)25/h2-11,16,32H,12-13H2,(H,30,33)/t16-/m0/s1. The topological polar surface area (TPSA) is 100 Å². The second-order valence-corrected chi connectivity index (χ2v) is 9.73. The first-order valence-electron chi connectivity index (χ1n) is 10.5. The van der Waals surface area contributed by atoms with Crippen molar-refractivity contribution in [3.8, 4) is 5.75 Å². The zero-order valence-electron chi connectivity index (χ0n) is 18.7. The molecule has 0 spiro atoms. The summed E-state index contributed by atoms with van der Waals surface area (Å²) in [4.78, 5) is 15.7. The molecule has 1 aliphatic heterocycles. The number of hydrogen-bond acceptors (Lipinski definition) is 5. The van der Waals surface area contributed by atoms with Crippen LogP contribution in [0.2, 0.25) is 0 Å². The van der Waals surface area contributed by atoms with Gasteiger partial charge in [0.05, 0.1) is 41.4 Å². The highest BCUT2D eigenvalue weighted by Crippen LogP contribution is 2.40. The van der Waals surface area contributed by atoms with Crippen LogP contribution >= 0.6 is 0 Å². The van der Waals surface area contributed by atoms with Crippen molar-refractivity contribution in [2.45, 2.75) is 17.2 Å². The second-order valence-electron chi connectivity index (χ2n) is 7.86. The highest BCUT2D eigenvalue weighted by molar-refractivity contribution is 7.92. The molecule has 1 atom stereocenters. The number of alkyl halides is 3. The summed E-state index contributed by atoms with van der Waals surface area (Å²) in [5.41, 5.74) is -2.84. The number of aliphatic hydroxyl groups excluding tert-OH is 1. The average Bonchev–Trinajstić information content (AvgIpc) is 2.87. The van der Waals surface area contributed by atoms with Gasteiger partial charge in [0.25, 0.3) is 15.9 Å². The number of benzene rings is 3. The molecular formula is C24H17F4N3O5S. The Kier molecular flexibility index (Phi) is 6.81. The van der Waals surface area contributed by atoms with E-state index in [-0.39, 0.29) is 34.3 Å². The maximum atomic E-state index is 14.2. The minimum atomic E-state index is -5.00. The van der Waals surface area contributed by atoms with Gasteiger partial charge < -0.3 is 15.2 Å². The van der Waals surface area contributed by atoms with Crippen LogP contribution in [0.4, 0.5) is 34.6 Å². The fourth-order valence-electron chi connectivity index (χ4n) is 3.74. The molecule has 13 heteroatoms. The van der Waals surface area contributed by atoms with Crippen molar-refractivity contribution in [3.63, 3.8) is 0 Å². The Morgan fingerprint density at radius 1 is 1.16 bits per heavy atom. The lowest BCUT2D eigenvalue weighted by molar-refractivity contribution is -0.138. The van der Waals surface area contributed by atoms with E-state index in [2.05, 4.69) is 10.2 Å². The van der Waals surface area contributed by atoms with E-state index < -0.39 is 51.8 Å². The molecule has 0 radical (unpaired) electrons. The van der Waals surface area contributed by atoms with Crippen LogP contribution in [-0.4, -0.2) is 38.7 Å². The molecule has 4 rings (SSSR count). The molecule has 8 nitrogen and oxygen atoms in total. The summed E-state index contributed by atoms with van der Waals surface area (Å²) in [6.45, 7) is 6.26. The molecular weight excluding hydrogens is 518 g/mol. The van der Waals surface area contributed by atoms with Crippen LogP contribution in [0.3, 0.4) is 0 Å². The molecule has 0 bridgehead atoms. The molecule has 0 saturated heterocycles. The Balaban J connectivity index is 1.75. The van der Waals surface area contributed by atoms with Gasteiger partial charge in [-0.05, 0) is 42.5 Å². The van der Waals surface area contributed by atoms with Crippen molar-refractivity contribution in [3.05, 3.63) is 89.0 Å². The number of carbonyl (C=O) groups is 1. The summed E-state index contributed by atoms with van der Waals surface area (Å²) in [5.74, 6) is -2.77. The molecule has 0 aromatic heterocycles. The van der Waals surface area contributed by atoms with Crippen molar-refractivity contribution >= 4 is 33.0 Å². The van der Waals surface area contributed by atoms with Crippen LogP contribution < -0.4 is 14.4 Å².